The number of ether oxygens (including phenoxy) is 1. The molecule has 6 aromatic heterocycles. The number of fused-ring (bicyclic) bond motifs is 4. The Hall–Kier alpha value is -6.42. The van der Waals surface area contributed by atoms with Crippen molar-refractivity contribution >= 4 is 79.0 Å². The summed E-state index contributed by atoms with van der Waals surface area (Å²) in [6.07, 6.45) is 5.95. The predicted octanol–water partition coefficient (Wildman–Crippen LogP) is 3.33. The second-order valence-corrected chi connectivity index (χ2v) is 17.2. The summed E-state index contributed by atoms with van der Waals surface area (Å²) in [6.45, 7) is 9.19. The van der Waals surface area contributed by atoms with Crippen LogP contribution in [0.4, 0.5) is 33.7 Å². The first-order chi connectivity index (χ1) is 30.0. The van der Waals surface area contributed by atoms with Gasteiger partial charge in [0.2, 0.25) is 23.8 Å². The first kappa shape index (κ1) is 39.7. The number of carbonyl (C=O) groups excluding carboxylic acids is 1. The van der Waals surface area contributed by atoms with Gasteiger partial charge in [-0.2, -0.15) is 29.5 Å². The molecule has 62 heavy (non-hydrogen) atoms. The van der Waals surface area contributed by atoms with Crippen LogP contribution in [0, 0.1) is 12.8 Å². The molecule has 3 saturated heterocycles. The van der Waals surface area contributed by atoms with Crippen LogP contribution in [0.1, 0.15) is 24.2 Å². The van der Waals surface area contributed by atoms with Gasteiger partial charge in [0.05, 0.1) is 67.0 Å². The molecule has 322 valence electrons. The lowest BCUT2D eigenvalue weighted by molar-refractivity contribution is -0.118. The van der Waals surface area contributed by atoms with Crippen molar-refractivity contribution in [2.45, 2.75) is 44.6 Å². The lowest BCUT2D eigenvalue weighted by atomic mass is 9.94. The van der Waals surface area contributed by atoms with E-state index in [4.69, 9.17) is 29.7 Å². The van der Waals surface area contributed by atoms with Crippen molar-refractivity contribution in [1.29, 1.82) is 0 Å². The number of amides is 1. The largest absolute Gasteiger partial charge is 0.478 e. The monoisotopic (exact) mass is 908 g/mol. The molecule has 0 radical (unpaired) electrons. The van der Waals surface area contributed by atoms with Gasteiger partial charge >= 0.3 is 0 Å². The Labute approximate surface area is 363 Å². The molecule has 20 nitrogen and oxygen atoms in total. The van der Waals surface area contributed by atoms with Crippen molar-refractivity contribution in [3.63, 3.8) is 0 Å². The molecule has 3 fully saturated rings. The number of hydrogen-bond acceptors (Lipinski definition) is 15. The van der Waals surface area contributed by atoms with Crippen molar-refractivity contribution in [2.24, 2.45) is 20.0 Å². The van der Waals surface area contributed by atoms with Gasteiger partial charge in [0.25, 0.3) is 5.88 Å². The number of aromatic amines is 1. The number of aryl methyl sites for hydroxylation is 3. The molecule has 3 aliphatic rings. The molecule has 9 heterocycles. The number of imidazole rings is 2. The van der Waals surface area contributed by atoms with E-state index in [0.717, 1.165) is 49.1 Å². The van der Waals surface area contributed by atoms with Gasteiger partial charge in [0.15, 0.2) is 22.6 Å². The van der Waals surface area contributed by atoms with E-state index in [1.54, 1.807) is 44.4 Å². The summed E-state index contributed by atoms with van der Waals surface area (Å²) in [5.41, 5.74) is 5.24. The number of methoxy groups -OCH3 is 1. The standard InChI is InChI=1S/C40H46BrFN18O2/c1-21-8-9-26-27(11-21)47-31(46-26)19-59(40-53-39(51-34-24(41)12-45-60(34)40)57-14-23-7-6-10-43-28(23)17-57)13-22(2)36(61)49-29-18-58(15-25(29)42)38-50-33(32-35(52-38)55(3)20-44-32)48-30-16-56(4)54-37(30)62-5/h8-9,11-12,16,20,23,25,28-29,43H,2,6-7,10,13-15,17-19H2,1,3-5H3,(H,46,47)(H,49,61)(H,48,50,52)/t23-,25+,28+,29+/m0/s1. The van der Waals surface area contributed by atoms with E-state index in [1.807, 2.05) is 37.1 Å². The van der Waals surface area contributed by atoms with Crippen LogP contribution in [0.2, 0.25) is 0 Å². The second-order valence-electron chi connectivity index (χ2n) is 16.3. The number of hydrogen-bond donors (Lipinski definition) is 4. The molecule has 0 aliphatic carbocycles. The van der Waals surface area contributed by atoms with Crippen molar-refractivity contribution in [3.05, 3.63) is 64.9 Å². The summed E-state index contributed by atoms with van der Waals surface area (Å²) in [5.74, 6) is 2.74. The van der Waals surface area contributed by atoms with Crippen LogP contribution in [-0.2, 0) is 25.4 Å². The third-order valence-electron chi connectivity index (χ3n) is 11.8. The average Bonchev–Trinajstić information content (AvgIpc) is 4.13. The molecule has 10 rings (SSSR count). The number of piperidine rings is 1. The summed E-state index contributed by atoms with van der Waals surface area (Å²) >= 11 is 3.65. The Morgan fingerprint density at radius 1 is 1.08 bits per heavy atom. The van der Waals surface area contributed by atoms with Crippen LogP contribution in [0.5, 0.6) is 5.88 Å². The Morgan fingerprint density at radius 3 is 2.74 bits per heavy atom. The molecule has 0 spiro atoms. The highest BCUT2D eigenvalue weighted by atomic mass is 79.9. The zero-order valence-corrected chi connectivity index (χ0v) is 36.3. The zero-order chi connectivity index (χ0) is 42.8. The molecule has 0 bridgehead atoms. The van der Waals surface area contributed by atoms with E-state index < -0.39 is 18.1 Å². The number of halogens is 2. The van der Waals surface area contributed by atoms with Crippen molar-refractivity contribution in [3.8, 4) is 5.88 Å². The third-order valence-corrected chi connectivity index (χ3v) is 12.4. The molecule has 0 unspecified atom stereocenters. The van der Waals surface area contributed by atoms with E-state index in [1.165, 1.54) is 7.11 Å². The van der Waals surface area contributed by atoms with E-state index in [9.17, 15) is 4.79 Å². The molecule has 1 aromatic carbocycles. The van der Waals surface area contributed by atoms with Crippen LogP contribution >= 0.6 is 15.9 Å². The summed E-state index contributed by atoms with van der Waals surface area (Å²) in [7, 11) is 5.14. The highest BCUT2D eigenvalue weighted by molar-refractivity contribution is 9.10. The number of carbonyl (C=O) groups is 1. The number of benzene rings is 1. The van der Waals surface area contributed by atoms with Crippen LogP contribution in [0.3, 0.4) is 0 Å². The van der Waals surface area contributed by atoms with Gasteiger partial charge in [-0.1, -0.05) is 12.6 Å². The number of H-pyrrole nitrogens is 1. The first-order valence-corrected chi connectivity index (χ1v) is 21.3. The fourth-order valence-electron chi connectivity index (χ4n) is 8.70. The minimum atomic E-state index is -1.42. The van der Waals surface area contributed by atoms with Crippen LogP contribution in [0.25, 0.3) is 27.8 Å². The van der Waals surface area contributed by atoms with Crippen molar-refractivity contribution < 1.29 is 13.9 Å². The number of nitrogens with zero attached hydrogens (tertiary/aromatic N) is 14. The number of alkyl halides is 1. The fourth-order valence-corrected chi connectivity index (χ4v) is 9.05. The minimum Gasteiger partial charge on any atom is -0.478 e. The number of anilines is 5. The Morgan fingerprint density at radius 2 is 1.90 bits per heavy atom. The van der Waals surface area contributed by atoms with Crippen molar-refractivity contribution in [2.75, 3.05) is 66.4 Å². The van der Waals surface area contributed by atoms with E-state index in [2.05, 4.69) is 63.5 Å². The number of rotatable bonds is 12. The molecule has 1 amide bonds. The molecular formula is C40H46BrFN18O2. The molecule has 4 atom stereocenters. The van der Waals surface area contributed by atoms with Crippen LogP contribution in [-0.4, -0.2) is 129 Å². The normalized spacial score (nSPS) is 20.1. The lowest BCUT2D eigenvalue weighted by Crippen LogP contribution is -2.44. The molecule has 7 aromatic rings. The summed E-state index contributed by atoms with van der Waals surface area (Å²) < 4.78 is 27.2. The van der Waals surface area contributed by atoms with Crippen molar-refractivity contribution in [1.82, 2.24) is 69.5 Å². The van der Waals surface area contributed by atoms with E-state index in [-0.39, 0.29) is 37.7 Å². The maximum atomic E-state index is 16.0. The number of aromatic nitrogens is 12. The molecule has 0 saturated carbocycles. The topological polar surface area (TPSA) is 205 Å². The van der Waals surface area contributed by atoms with E-state index in [0.29, 0.717) is 68.3 Å². The Balaban J connectivity index is 0.914. The second kappa shape index (κ2) is 15.8. The van der Waals surface area contributed by atoms with Crippen LogP contribution in [0.15, 0.2) is 53.5 Å². The quantitative estimate of drug-likeness (QED) is 0.130. The molecular weight excluding hydrogens is 863 g/mol. The van der Waals surface area contributed by atoms with Gasteiger partial charge in [0, 0.05) is 45.3 Å². The average molecular weight is 910 g/mol. The van der Waals surface area contributed by atoms with Gasteiger partial charge in [-0.25, -0.2) is 14.4 Å². The van der Waals surface area contributed by atoms with Crippen LogP contribution < -0.4 is 35.4 Å². The predicted molar refractivity (Wildman–Crippen MR) is 235 cm³/mol. The van der Waals surface area contributed by atoms with Gasteiger partial charge in [-0.3, -0.25) is 9.48 Å². The van der Waals surface area contributed by atoms with E-state index >= 15 is 4.39 Å². The number of nitrogens with one attached hydrogen (secondary N) is 4. The first-order valence-electron chi connectivity index (χ1n) is 20.5. The molecule has 4 N–H and O–H groups in total. The Bertz CT molecular complexity index is 2840. The minimum absolute atomic E-state index is 0.0260. The smallest absolute Gasteiger partial charge is 0.256 e. The maximum absolute atomic E-state index is 16.0. The van der Waals surface area contributed by atoms with Gasteiger partial charge in [0.1, 0.15) is 17.7 Å². The molecule has 3 aliphatic heterocycles. The highest BCUT2D eigenvalue weighted by Gasteiger charge is 2.38. The fraction of sp³-hybridized carbons (Fsp3) is 0.425. The summed E-state index contributed by atoms with van der Waals surface area (Å²) in [6, 6.07) is 5.52. The Kier molecular flexibility index (Phi) is 10.1. The molecule has 22 heteroatoms. The highest BCUT2D eigenvalue weighted by Crippen LogP contribution is 2.33. The third kappa shape index (κ3) is 7.39. The maximum Gasteiger partial charge on any atom is 0.256 e. The summed E-state index contributed by atoms with van der Waals surface area (Å²) in [4.78, 5) is 52.3. The lowest BCUT2D eigenvalue weighted by Gasteiger charge is -2.26. The summed E-state index contributed by atoms with van der Waals surface area (Å²) in [5, 5.41) is 18.8. The zero-order valence-electron chi connectivity index (χ0n) is 34.7. The SMILES string of the molecule is C=C(CN(Cc1nc2ccc(C)cc2[nH]1)c1nc(N2C[C@@H]3CCCN[C@@H]3C2)nc2c(Br)cnn12)C(=O)N[C@@H]1CN(c2nc(Nc3cn(C)nc3OC)c3ncn(C)c3n2)C[C@H]1F. The van der Waals surface area contributed by atoms with Gasteiger partial charge < -0.3 is 44.9 Å². The van der Waals surface area contributed by atoms with Gasteiger partial charge in [-0.15, -0.1) is 5.10 Å². The van der Waals surface area contributed by atoms with Gasteiger partial charge in [-0.05, 0) is 65.9 Å².